The minimum absolute atomic E-state index is 0.523. The molecule has 0 spiro atoms. The lowest BCUT2D eigenvalue weighted by Gasteiger charge is -2.31. The van der Waals surface area contributed by atoms with E-state index in [-0.39, 0.29) is 0 Å². The minimum atomic E-state index is -3.75. The van der Waals surface area contributed by atoms with E-state index in [4.69, 9.17) is 20.4 Å². The van der Waals surface area contributed by atoms with Crippen molar-refractivity contribution in [2.24, 2.45) is 0 Å². The van der Waals surface area contributed by atoms with Crippen LogP contribution in [0, 0.1) is 0 Å². The van der Waals surface area contributed by atoms with Crippen molar-refractivity contribution in [3.05, 3.63) is 0 Å². The van der Waals surface area contributed by atoms with Crippen LogP contribution in [0.15, 0.2) is 0 Å². The lowest BCUT2D eigenvalue weighted by molar-refractivity contribution is -0.200. The molecule has 6 N–H and O–H groups in total. The van der Waals surface area contributed by atoms with Crippen LogP contribution in [-0.2, 0) is 38.3 Å². The number of carboxylic acid groups (broad SMARTS) is 4. The highest BCUT2D eigenvalue weighted by Crippen LogP contribution is 2.24. The van der Waals surface area contributed by atoms with E-state index in [1.165, 1.54) is 0 Å². The van der Waals surface area contributed by atoms with Gasteiger partial charge in [-0.1, -0.05) is 0 Å². The standard InChI is InChI=1S/C13H14O14/c1-12(25,2-4(14)8(18)19)11(24)27-7(6(17)9(20)21)13(26,10(22)23)3-5(15)16/h7,25-26H,2-3H2,1H3,(H,15,16)(H,18,19)(H,20,21)(H,22,23). The van der Waals surface area contributed by atoms with Crippen LogP contribution in [-0.4, -0.2) is 89.4 Å². The molecule has 14 nitrogen and oxygen atoms in total. The van der Waals surface area contributed by atoms with Crippen molar-refractivity contribution in [3.63, 3.8) is 0 Å². The molecule has 0 aliphatic carbocycles. The van der Waals surface area contributed by atoms with E-state index in [0.29, 0.717) is 6.92 Å². The highest BCUT2D eigenvalue weighted by molar-refractivity contribution is 6.36. The fourth-order valence-electron chi connectivity index (χ4n) is 1.69. The van der Waals surface area contributed by atoms with Gasteiger partial charge in [0.2, 0.25) is 17.5 Å². The van der Waals surface area contributed by atoms with Crippen molar-refractivity contribution >= 4 is 41.4 Å². The molecule has 0 aliphatic heterocycles. The smallest absolute Gasteiger partial charge is 0.376 e. The number of ketones is 2. The summed E-state index contributed by atoms with van der Waals surface area (Å²) in [5, 5.41) is 54.5. The molecule has 0 aromatic heterocycles. The van der Waals surface area contributed by atoms with Crippen molar-refractivity contribution < 1.29 is 68.9 Å². The first kappa shape index (κ1) is 23.6. The summed E-state index contributed by atoms with van der Waals surface area (Å²) in [7, 11) is 0. The highest BCUT2D eigenvalue weighted by Gasteiger charge is 2.55. The van der Waals surface area contributed by atoms with Crippen LogP contribution in [0.25, 0.3) is 0 Å². The highest BCUT2D eigenvalue weighted by atomic mass is 16.6. The van der Waals surface area contributed by atoms with Crippen molar-refractivity contribution in [3.8, 4) is 0 Å². The minimum Gasteiger partial charge on any atom is -0.481 e. The van der Waals surface area contributed by atoms with E-state index in [2.05, 4.69) is 4.74 Å². The zero-order valence-corrected chi connectivity index (χ0v) is 13.4. The lowest BCUT2D eigenvalue weighted by Crippen LogP contribution is -2.59. The summed E-state index contributed by atoms with van der Waals surface area (Å²) >= 11 is 0. The second-order valence-electron chi connectivity index (χ2n) is 5.43. The molecule has 27 heavy (non-hydrogen) atoms. The van der Waals surface area contributed by atoms with Crippen LogP contribution in [0.4, 0.5) is 0 Å². The van der Waals surface area contributed by atoms with Gasteiger partial charge in [-0.3, -0.25) is 14.4 Å². The Morgan fingerprint density at radius 3 is 1.67 bits per heavy atom. The van der Waals surface area contributed by atoms with E-state index in [0.717, 1.165) is 0 Å². The summed E-state index contributed by atoms with van der Waals surface area (Å²) in [6.07, 6.45) is -6.34. The molecule has 0 saturated heterocycles. The average Bonchev–Trinajstić information content (AvgIpc) is 2.49. The molecule has 0 aromatic rings. The molecule has 0 heterocycles. The summed E-state index contributed by atoms with van der Waals surface area (Å²) < 4.78 is 4.19. The van der Waals surface area contributed by atoms with Gasteiger partial charge in [0.15, 0.2) is 5.60 Å². The van der Waals surface area contributed by atoms with Gasteiger partial charge in [-0.25, -0.2) is 19.2 Å². The van der Waals surface area contributed by atoms with Crippen LogP contribution in [0.1, 0.15) is 19.8 Å². The van der Waals surface area contributed by atoms with Crippen molar-refractivity contribution in [2.75, 3.05) is 0 Å². The van der Waals surface area contributed by atoms with E-state index in [1.807, 2.05) is 0 Å². The van der Waals surface area contributed by atoms with Crippen molar-refractivity contribution in [1.29, 1.82) is 0 Å². The number of Topliss-reactive ketones (excluding diaryl/α,β-unsaturated/α-hetero) is 2. The molecule has 0 rings (SSSR count). The Kier molecular flexibility index (Phi) is 7.28. The number of carbonyl (C=O) groups is 7. The predicted octanol–water partition coefficient (Wildman–Crippen LogP) is -3.36. The number of aliphatic hydroxyl groups is 2. The zero-order chi connectivity index (χ0) is 21.7. The van der Waals surface area contributed by atoms with Crippen LogP contribution in [0.3, 0.4) is 0 Å². The predicted molar refractivity (Wildman–Crippen MR) is 75.2 cm³/mol. The normalized spacial score (nSPS) is 16.1. The van der Waals surface area contributed by atoms with Gasteiger partial charge in [-0.15, -0.1) is 0 Å². The maximum absolute atomic E-state index is 11.9. The molecule has 150 valence electrons. The molecule has 0 aromatic carbocycles. The molecule has 0 fully saturated rings. The quantitative estimate of drug-likeness (QED) is 0.148. The summed E-state index contributed by atoms with van der Waals surface area (Å²) in [6.45, 7) is 0.523. The second-order valence-corrected chi connectivity index (χ2v) is 5.43. The third kappa shape index (κ3) is 5.82. The molecular formula is C13H14O14. The fraction of sp³-hybridized carbons (Fsp3) is 0.462. The molecule has 0 bridgehead atoms. The Labute approximate surface area is 148 Å². The van der Waals surface area contributed by atoms with Crippen LogP contribution < -0.4 is 0 Å². The Bertz CT molecular complexity index is 704. The topological polar surface area (TPSA) is 250 Å². The number of hydrogen-bond acceptors (Lipinski definition) is 10. The first-order valence-electron chi connectivity index (χ1n) is 6.70. The number of esters is 1. The maximum atomic E-state index is 11.9. The van der Waals surface area contributed by atoms with Gasteiger partial charge in [-0.05, 0) is 6.92 Å². The molecule has 0 radical (unpaired) electrons. The number of carbonyl (C=O) groups excluding carboxylic acids is 3. The summed E-state index contributed by atoms with van der Waals surface area (Å²) in [5.41, 5.74) is -6.72. The third-order valence-corrected chi connectivity index (χ3v) is 3.08. The number of hydrogen-bond donors (Lipinski definition) is 6. The largest absolute Gasteiger partial charge is 0.481 e. The second kappa shape index (κ2) is 8.33. The van der Waals surface area contributed by atoms with Crippen LogP contribution in [0.2, 0.25) is 0 Å². The van der Waals surface area contributed by atoms with Crippen molar-refractivity contribution in [1.82, 2.24) is 0 Å². The Morgan fingerprint density at radius 1 is 0.852 bits per heavy atom. The number of ether oxygens (including phenoxy) is 1. The van der Waals surface area contributed by atoms with Gasteiger partial charge in [0, 0.05) is 0 Å². The summed E-state index contributed by atoms with van der Waals surface area (Å²) in [6, 6.07) is 0. The molecule has 0 amide bonds. The van der Waals surface area contributed by atoms with E-state index >= 15 is 0 Å². The molecule has 3 unspecified atom stereocenters. The Morgan fingerprint density at radius 2 is 1.33 bits per heavy atom. The lowest BCUT2D eigenvalue weighted by atomic mass is 9.89. The molecule has 0 aliphatic rings. The van der Waals surface area contributed by atoms with Gasteiger partial charge >= 0.3 is 29.8 Å². The Hall–Kier alpha value is -3.39. The number of aliphatic carboxylic acids is 4. The molecule has 3 atom stereocenters. The van der Waals surface area contributed by atoms with Gasteiger partial charge in [0.25, 0.3) is 5.78 Å². The van der Waals surface area contributed by atoms with Gasteiger partial charge in [-0.2, -0.15) is 0 Å². The van der Waals surface area contributed by atoms with Crippen LogP contribution in [0.5, 0.6) is 0 Å². The Balaban J connectivity index is 5.96. The van der Waals surface area contributed by atoms with Gasteiger partial charge in [0.1, 0.15) is 0 Å². The number of rotatable bonds is 11. The zero-order valence-electron chi connectivity index (χ0n) is 13.4. The third-order valence-electron chi connectivity index (χ3n) is 3.08. The van der Waals surface area contributed by atoms with Crippen molar-refractivity contribution in [2.45, 2.75) is 37.1 Å². The van der Waals surface area contributed by atoms with Gasteiger partial charge < -0.3 is 35.4 Å². The van der Waals surface area contributed by atoms with E-state index in [1.54, 1.807) is 0 Å². The molecule has 0 saturated carbocycles. The monoisotopic (exact) mass is 394 g/mol. The summed E-state index contributed by atoms with van der Waals surface area (Å²) in [5.74, 6) is -15.0. The van der Waals surface area contributed by atoms with Gasteiger partial charge in [0.05, 0.1) is 12.8 Å². The number of carboxylic acids is 4. The van der Waals surface area contributed by atoms with E-state index < -0.39 is 71.6 Å². The van der Waals surface area contributed by atoms with Crippen LogP contribution >= 0.6 is 0 Å². The summed E-state index contributed by atoms with van der Waals surface area (Å²) in [4.78, 5) is 77.8. The first-order valence-corrected chi connectivity index (χ1v) is 6.70. The maximum Gasteiger partial charge on any atom is 0.376 e. The SMILES string of the molecule is CC(O)(CC(=O)C(=O)O)C(=O)OC(C(=O)C(=O)O)C(O)(CC(=O)O)C(=O)O. The average molecular weight is 394 g/mol. The first-order chi connectivity index (χ1) is 12.1. The molecule has 14 heteroatoms. The fourth-order valence-corrected chi connectivity index (χ4v) is 1.69. The van der Waals surface area contributed by atoms with E-state index in [9.17, 15) is 43.8 Å². The molecular weight excluding hydrogens is 380 g/mol.